The van der Waals surface area contributed by atoms with Crippen LogP contribution in [0, 0.1) is 11.7 Å². The molecule has 0 bridgehead atoms. The molecule has 0 radical (unpaired) electrons. The third-order valence-corrected chi connectivity index (χ3v) is 3.26. The summed E-state index contributed by atoms with van der Waals surface area (Å²) in [6.07, 6.45) is 6.37. The number of allylic oxidation sites excluding steroid dienone is 4. The minimum atomic E-state index is -0.145. The number of benzene rings is 1. The molecule has 84 valence electrons. The van der Waals surface area contributed by atoms with Crippen LogP contribution in [0.2, 0.25) is 0 Å². The van der Waals surface area contributed by atoms with Crippen LogP contribution in [0.5, 0.6) is 0 Å². The Morgan fingerprint density at radius 2 is 2.06 bits per heavy atom. The molecule has 0 nitrogen and oxygen atoms in total. The molecule has 0 saturated carbocycles. The van der Waals surface area contributed by atoms with E-state index in [1.165, 1.54) is 17.2 Å². The van der Waals surface area contributed by atoms with Crippen LogP contribution in [0.25, 0.3) is 0 Å². The maximum atomic E-state index is 13.1. The van der Waals surface area contributed by atoms with Crippen molar-refractivity contribution in [3.8, 4) is 0 Å². The van der Waals surface area contributed by atoms with Gasteiger partial charge in [0.25, 0.3) is 0 Å². The van der Waals surface area contributed by atoms with E-state index in [9.17, 15) is 4.39 Å². The summed E-state index contributed by atoms with van der Waals surface area (Å²) in [6, 6.07) is 6.89. The van der Waals surface area contributed by atoms with Gasteiger partial charge in [0.2, 0.25) is 0 Å². The molecule has 1 unspecified atom stereocenters. The lowest BCUT2D eigenvalue weighted by Gasteiger charge is -2.15. The van der Waals surface area contributed by atoms with Crippen LogP contribution in [0.1, 0.15) is 25.8 Å². The van der Waals surface area contributed by atoms with Crippen molar-refractivity contribution in [1.82, 2.24) is 0 Å². The predicted molar refractivity (Wildman–Crippen MR) is 65.7 cm³/mol. The molecule has 0 saturated heterocycles. The van der Waals surface area contributed by atoms with Crippen LogP contribution in [-0.4, -0.2) is 0 Å². The molecule has 2 rings (SSSR count). The lowest BCUT2D eigenvalue weighted by Crippen LogP contribution is -2.03. The zero-order valence-electron chi connectivity index (χ0n) is 9.83. The average molecular weight is 216 g/mol. The number of halogens is 1. The summed E-state index contributed by atoms with van der Waals surface area (Å²) >= 11 is 0. The largest absolute Gasteiger partial charge is 0.207 e. The van der Waals surface area contributed by atoms with Crippen molar-refractivity contribution in [1.29, 1.82) is 0 Å². The van der Waals surface area contributed by atoms with Gasteiger partial charge >= 0.3 is 0 Å². The first kappa shape index (κ1) is 11.1. The Bertz CT molecular complexity index is 441. The molecular formula is C15H17F. The maximum absolute atomic E-state index is 13.1. The first-order valence-electron chi connectivity index (χ1n) is 5.82. The Balaban J connectivity index is 2.12. The second-order valence-corrected chi connectivity index (χ2v) is 4.42. The summed E-state index contributed by atoms with van der Waals surface area (Å²) in [6.45, 7) is 4.37. The Hall–Kier alpha value is -1.37. The highest BCUT2D eigenvalue weighted by Gasteiger charge is 2.18. The highest BCUT2D eigenvalue weighted by Crippen LogP contribution is 2.31. The highest BCUT2D eigenvalue weighted by atomic mass is 19.1. The highest BCUT2D eigenvalue weighted by molar-refractivity contribution is 5.37. The van der Waals surface area contributed by atoms with E-state index < -0.39 is 0 Å². The number of rotatable bonds is 3. The first-order chi connectivity index (χ1) is 7.70. The molecule has 16 heavy (non-hydrogen) atoms. The summed E-state index contributed by atoms with van der Waals surface area (Å²) < 4.78 is 13.1. The van der Waals surface area contributed by atoms with E-state index in [-0.39, 0.29) is 5.82 Å². The molecule has 0 spiro atoms. The molecule has 1 atom stereocenters. The van der Waals surface area contributed by atoms with E-state index in [1.807, 2.05) is 6.07 Å². The summed E-state index contributed by atoms with van der Waals surface area (Å²) in [5, 5.41) is 0. The minimum Gasteiger partial charge on any atom is -0.207 e. The smallest absolute Gasteiger partial charge is 0.123 e. The van der Waals surface area contributed by atoms with Gasteiger partial charge in [0, 0.05) is 5.92 Å². The molecule has 0 amide bonds. The lowest BCUT2D eigenvalue weighted by molar-refractivity contribution is 0.624. The zero-order chi connectivity index (χ0) is 11.5. The van der Waals surface area contributed by atoms with Gasteiger partial charge in [0.05, 0.1) is 0 Å². The van der Waals surface area contributed by atoms with E-state index in [2.05, 4.69) is 26.0 Å². The fraction of sp³-hybridized carbons (Fsp3) is 0.333. The molecule has 0 N–H and O–H groups in total. The van der Waals surface area contributed by atoms with Crippen LogP contribution >= 0.6 is 0 Å². The molecule has 1 aromatic rings. The summed E-state index contributed by atoms with van der Waals surface area (Å²) in [5.74, 6) is 0.414. The fourth-order valence-corrected chi connectivity index (χ4v) is 2.41. The van der Waals surface area contributed by atoms with E-state index in [0.29, 0.717) is 5.92 Å². The van der Waals surface area contributed by atoms with Crippen molar-refractivity contribution in [2.45, 2.75) is 26.7 Å². The Labute approximate surface area is 96.5 Å². The van der Waals surface area contributed by atoms with Gasteiger partial charge in [0.15, 0.2) is 0 Å². The van der Waals surface area contributed by atoms with Crippen LogP contribution < -0.4 is 0 Å². The van der Waals surface area contributed by atoms with Crippen molar-refractivity contribution >= 4 is 0 Å². The van der Waals surface area contributed by atoms with Gasteiger partial charge in [0.1, 0.15) is 5.82 Å². The fourth-order valence-electron chi connectivity index (χ4n) is 2.41. The normalized spacial score (nSPS) is 19.6. The summed E-state index contributed by atoms with van der Waals surface area (Å²) in [5.41, 5.74) is 3.90. The van der Waals surface area contributed by atoms with Crippen LogP contribution in [0.15, 0.2) is 47.6 Å². The second-order valence-electron chi connectivity index (χ2n) is 4.42. The standard InChI is InChI=1S/C15H17F/c1-3-15-11(2)7-8-13(15)9-12-5-4-6-14(16)10-12/h4-8,10,15H,3,9H2,1-2H3. The van der Waals surface area contributed by atoms with Gasteiger partial charge < -0.3 is 0 Å². The molecule has 0 aliphatic heterocycles. The van der Waals surface area contributed by atoms with Gasteiger partial charge in [-0.25, -0.2) is 4.39 Å². The molecule has 1 aromatic carbocycles. The monoisotopic (exact) mass is 216 g/mol. The van der Waals surface area contributed by atoms with E-state index in [1.54, 1.807) is 12.1 Å². The molecule has 1 aliphatic rings. The summed E-state index contributed by atoms with van der Waals surface area (Å²) in [4.78, 5) is 0. The Morgan fingerprint density at radius 1 is 1.25 bits per heavy atom. The summed E-state index contributed by atoms with van der Waals surface area (Å²) in [7, 11) is 0. The lowest BCUT2D eigenvalue weighted by atomic mass is 9.90. The van der Waals surface area contributed by atoms with Crippen molar-refractivity contribution in [3.63, 3.8) is 0 Å². The average Bonchev–Trinajstić information content (AvgIpc) is 2.59. The molecule has 1 aliphatic carbocycles. The van der Waals surface area contributed by atoms with Crippen molar-refractivity contribution in [2.75, 3.05) is 0 Å². The quantitative estimate of drug-likeness (QED) is 0.707. The third-order valence-electron chi connectivity index (χ3n) is 3.26. The van der Waals surface area contributed by atoms with Crippen molar-refractivity contribution < 1.29 is 4.39 Å². The van der Waals surface area contributed by atoms with Crippen molar-refractivity contribution in [3.05, 3.63) is 58.9 Å². The van der Waals surface area contributed by atoms with Gasteiger partial charge in [-0.15, -0.1) is 0 Å². The van der Waals surface area contributed by atoms with Gasteiger partial charge in [-0.1, -0.05) is 42.4 Å². The Kier molecular flexibility index (Phi) is 3.23. The molecule has 0 fully saturated rings. The first-order valence-corrected chi connectivity index (χ1v) is 5.82. The number of hydrogen-bond acceptors (Lipinski definition) is 0. The molecule has 1 heteroatoms. The molecule has 0 heterocycles. The molecule has 0 aromatic heterocycles. The minimum absolute atomic E-state index is 0.145. The van der Waals surface area contributed by atoms with E-state index in [0.717, 1.165) is 18.4 Å². The van der Waals surface area contributed by atoms with E-state index in [4.69, 9.17) is 0 Å². The second kappa shape index (κ2) is 4.65. The van der Waals surface area contributed by atoms with Crippen LogP contribution in [0.3, 0.4) is 0 Å². The number of hydrogen-bond donors (Lipinski definition) is 0. The Morgan fingerprint density at radius 3 is 2.75 bits per heavy atom. The van der Waals surface area contributed by atoms with Gasteiger partial charge in [-0.05, 0) is 37.5 Å². The van der Waals surface area contributed by atoms with E-state index >= 15 is 0 Å². The molecular weight excluding hydrogens is 199 g/mol. The van der Waals surface area contributed by atoms with Crippen LogP contribution in [-0.2, 0) is 6.42 Å². The SMILES string of the molecule is CCC1C(C)=CC=C1Cc1cccc(F)c1. The van der Waals surface area contributed by atoms with Gasteiger partial charge in [-0.2, -0.15) is 0 Å². The third kappa shape index (κ3) is 2.24. The zero-order valence-corrected chi connectivity index (χ0v) is 9.83. The topological polar surface area (TPSA) is 0 Å². The van der Waals surface area contributed by atoms with Crippen LogP contribution in [0.4, 0.5) is 4.39 Å². The van der Waals surface area contributed by atoms with Crippen molar-refractivity contribution in [2.24, 2.45) is 5.92 Å². The predicted octanol–water partition coefficient (Wildman–Crippen LogP) is 4.28. The maximum Gasteiger partial charge on any atom is 0.123 e. The van der Waals surface area contributed by atoms with Gasteiger partial charge in [-0.3, -0.25) is 0 Å².